The average molecular weight is 1560 g/mol. The zero-order valence-electron chi connectivity index (χ0n) is 83.5. The fraction of sp³-hybridized carbons (Fsp3) is 0.568. The molecule has 4 aromatic heterocycles. The minimum Gasteiger partial charge on any atom is -0.201 e. The van der Waals surface area contributed by atoms with Crippen LogP contribution in [0.1, 0.15) is 333 Å². The monoisotopic (exact) mass is 1560 g/mol. The van der Waals surface area contributed by atoms with E-state index in [9.17, 15) is 0 Å². The topological polar surface area (TPSA) is 15.5 Å². The standard InChI is InChI=1S/3C26H36N.C17H16N.8C2H6/c1-17-13-11-12-14-18(17)21-15-19-20(16-27(21)10)26(9)23(4,5)22(2,3)25(19,8)24(26,6)7;1-17-13-11-12-14-18(17)21-20-19(15-16-27(21)10)25(8)22(2,3)23(4,5)26(20,9)24(25,6)7;1-17-13-11-12-14-18(17)20-16-15-19-21(27(20)10)26(9)23(4,5)22(2,3)25(19,8)24(26,6)7;1-13-15-8-4-3-7-14(15)10-11-16(13)17-9-5-6-12-18(17)2;8*1-2/h3*11-16H,1-10H3;3-12H,1-2H3;8*1-2H3/q4*+1;;;;;;;;. The van der Waals surface area contributed by atoms with Crippen LogP contribution in [-0.2, 0) is 60.7 Å². The molecule has 0 amide bonds. The second kappa shape index (κ2) is 35.9. The lowest BCUT2D eigenvalue weighted by atomic mass is 9.50. The Morgan fingerprint density at radius 3 is 1.07 bits per heavy atom. The van der Waals surface area contributed by atoms with Crippen molar-refractivity contribution >= 4 is 10.8 Å². The second-order valence-corrected chi connectivity index (χ2v) is 37.7. The molecule has 115 heavy (non-hydrogen) atoms. The van der Waals surface area contributed by atoms with E-state index in [2.05, 4.69) is 411 Å². The lowest BCUT2D eigenvalue weighted by molar-refractivity contribution is -0.673. The van der Waals surface area contributed by atoms with Gasteiger partial charge in [-0.05, 0) is 164 Å². The summed E-state index contributed by atoms with van der Waals surface area (Å²) in [4.78, 5) is 0. The van der Waals surface area contributed by atoms with Crippen molar-refractivity contribution in [1.29, 1.82) is 0 Å². The van der Waals surface area contributed by atoms with Crippen LogP contribution in [0.15, 0.2) is 170 Å². The normalized spacial score (nSPS) is 24.5. The molecule has 6 aliphatic carbocycles. The molecule has 0 N–H and O–H groups in total. The van der Waals surface area contributed by atoms with Gasteiger partial charge in [0.2, 0.25) is 22.8 Å². The van der Waals surface area contributed by atoms with E-state index >= 15 is 0 Å². The summed E-state index contributed by atoms with van der Waals surface area (Å²) in [5.41, 5.74) is 27.8. The number of nitrogens with zero attached hydrogens (tertiary/aromatic N) is 4. The highest BCUT2D eigenvalue weighted by Crippen LogP contribution is 2.86. The molecular weight excluding hydrogens is 1390 g/mol. The SMILES string of the molecule is CC.CC.CC.CC.CC.CC.CC.CC.Cc1c(-c2cccc[n+]2C)ccc2ccccc12.Cc1ccccc1-c1c2c(cc[n+]1C)C1(C)C(C)(C)C(C)(C)C2(C)C1(C)C.Cc1ccccc1-c1cc2c(c[n+]1C)C1(C)C(C)(C)C(C)(C)C2(C)C1(C)C.Cc1ccccc1-c1ccc2c([n+]1C)C1(C)C(C)(C)C(C)(C)C2(C)C1(C)C. The van der Waals surface area contributed by atoms with E-state index in [4.69, 9.17) is 0 Å². The van der Waals surface area contributed by atoms with Crippen LogP contribution in [0.4, 0.5) is 0 Å². The summed E-state index contributed by atoms with van der Waals surface area (Å²) < 4.78 is 9.39. The predicted octanol–water partition coefficient (Wildman–Crippen LogP) is 30.2. The van der Waals surface area contributed by atoms with Crippen molar-refractivity contribution in [3.8, 4) is 45.0 Å². The third kappa shape index (κ3) is 13.3. The van der Waals surface area contributed by atoms with Crippen molar-refractivity contribution in [3.63, 3.8) is 0 Å². The molecule has 5 aromatic carbocycles. The summed E-state index contributed by atoms with van der Waals surface area (Å²) in [6.07, 6.45) is 6.82. The molecule has 4 nitrogen and oxygen atoms in total. The minimum atomic E-state index is 0.0875. The van der Waals surface area contributed by atoms with Gasteiger partial charge >= 0.3 is 0 Å². The molecule has 9 aromatic rings. The van der Waals surface area contributed by atoms with Crippen LogP contribution >= 0.6 is 0 Å². The van der Waals surface area contributed by atoms with Crippen molar-refractivity contribution in [3.05, 3.63) is 226 Å². The number of benzene rings is 5. The first-order valence-corrected chi connectivity index (χ1v) is 45.3. The van der Waals surface area contributed by atoms with E-state index in [0.717, 1.165) is 0 Å². The summed E-state index contributed by atoms with van der Waals surface area (Å²) in [6.45, 7) is 101. The van der Waals surface area contributed by atoms with Crippen molar-refractivity contribution in [2.45, 2.75) is 337 Å². The number of pyridine rings is 4. The number of fused-ring (bicyclic) bond motifs is 16. The largest absolute Gasteiger partial charge is 0.216 e. The molecule has 0 saturated heterocycles. The molecular formula is C111H172N4+4. The number of rotatable bonds is 4. The number of aromatic nitrogens is 4. The summed E-state index contributed by atoms with van der Waals surface area (Å²) in [7, 11) is 8.80. The van der Waals surface area contributed by atoms with E-state index < -0.39 is 0 Å². The number of hydrogen-bond donors (Lipinski definition) is 0. The maximum Gasteiger partial charge on any atom is 0.216 e. The van der Waals surface area contributed by atoms with E-state index in [1.165, 1.54) is 78.1 Å². The van der Waals surface area contributed by atoms with Gasteiger partial charge < -0.3 is 0 Å². The molecule has 0 aliphatic heterocycles. The molecule has 632 valence electrons. The third-order valence-corrected chi connectivity index (χ3v) is 34.5. The molecule has 6 unspecified atom stereocenters. The Morgan fingerprint density at radius 1 is 0.243 bits per heavy atom. The minimum absolute atomic E-state index is 0.0875. The smallest absolute Gasteiger partial charge is 0.201 e. The Labute approximate surface area is 709 Å². The molecule has 15 rings (SSSR count). The first-order chi connectivity index (χ1) is 53.6. The second-order valence-electron chi connectivity index (χ2n) is 37.7. The van der Waals surface area contributed by atoms with Crippen molar-refractivity contribution in [2.24, 2.45) is 76.9 Å². The van der Waals surface area contributed by atoms with Gasteiger partial charge in [-0.2, -0.15) is 4.57 Å². The fourth-order valence-electron chi connectivity index (χ4n) is 24.5. The van der Waals surface area contributed by atoms with Crippen LogP contribution in [0, 0.1) is 76.4 Å². The molecule has 3 saturated carbocycles. The van der Waals surface area contributed by atoms with E-state index in [1.54, 1.807) is 33.5 Å². The molecule has 0 spiro atoms. The zero-order valence-corrected chi connectivity index (χ0v) is 83.5. The highest BCUT2D eigenvalue weighted by molar-refractivity contribution is 5.90. The average Bonchev–Trinajstić information content (AvgIpc) is 1.47. The number of hydrogen-bond acceptors (Lipinski definition) is 0. The third-order valence-electron chi connectivity index (χ3n) is 34.5. The van der Waals surface area contributed by atoms with E-state index in [0.29, 0.717) is 0 Å². The van der Waals surface area contributed by atoms with Crippen LogP contribution in [0.25, 0.3) is 55.8 Å². The van der Waals surface area contributed by atoms with Crippen LogP contribution in [0.3, 0.4) is 0 Å². The zero-order chi connectivity index (χ0) is 89.2. The highest BCUT2D eigenvalue weighted by Gasteiger charge is 2.85. The fourth-order valence-corrected chi connectivity index (χ4v) is 24.5. The maximum absolute atomic E-state index is 2.55. The van der Waals surface area contributed by atoms with Gasteiger partial charge in [-0.3, -0.25) is 0 Å². The van der Waals surface area contributed by atoms with Crippen LogP contribution in [0.2, 0.25) is 0 Å². The summed E-state index contributed by atoms with van der Waals surface area (Å²) in [5.74, 6) is 0. The highest BCUT2D eigenvalue weighted by atomic mass is 15.0. The van der Waals surface area contributed by atoms with Gasteiger partial charge in [0.1, 0.15) is 28.2 Å². The van der Waals surface area contributed by atoms with Gasteiger partial charge in [0, 0.05) is 96.4 Å². The number of aryl methyl sites for hydroxylation is 7. The molecule has 4 heterocycles. The summed E-state index contributed by atoms with van der Waals surface area (Å²) in [6, 6.07) is 55.4. The lowest BCUT2D eigenvalue weighted by Crippen LogP contribution is -2.56. The van der Waals surface area contributed by atoms with Crippen LogP contribution < -0.4 is 18.3 Å². The Hall–Kier alpha value is -7.04. The molecule has 0 radical (unpaired) electrons. The molecule has 6 bridgehead atoms. The lowest BCUT2D eigenvalue weighted by Gasteiger charge is -2.53. The van der Waals surface area contributed by atoms with Gasteiger partial charge in [-0.15, -0.1) is 0 Å². The van der Waals surface area contributed by atoms with Crippen LogP contribution in [-0.4, -0.2) is 0 Å². The Balaban J connectivity index is 0.000000307. The Kier molecular flexibility index (Phi) is 31.3. The van der Waals surface area contributed by atoms with E-state index in [-0.39, 0.29) is 81.2 Å². The summed E-state index contributed by atoms with van der Waals surface area (Å²) in [5, 5.41) is 2.64. The van der Waals surface area contributed by atoms with Gasteiger partial charge in [-0.25, -0.2) is 13.7 Å². The van der Waals surface area contributed by atoms with Crippen molar-refractivity contribution in [2.75, 3.05) is 0 Å². The van der Waals surface area contributed by atoms with Gasteiger partial charge in [-0.1, -0.05) is 355 Å². The van der Waals surface area contributed by atoms with Gasteiger partial charge in [0.15, 0.2) is 24.3 Å². The van der Waals surface area contributed by atoms with E-state index in [1.807, 2.05) is 111 Å². The van der Waals surface area contributed by atoms with Crippen molar-refractivity contribution < 1.29 is 18.3 Å². The first kappa shape index (κ1) is 100. The van der Waals surface area contributed by atoms with Gasteiger partial charge in [0.25, 0.3) is 0 Å². The van der Waals surface area contributed by atoms with Crippen LogP contribution in [0.5, 0.6) is 0 Å². The summed E-state index contributed by atoms with van der Waals surface area (Å²) >= 11 is 0. The quantitative estimate of drug-likeness (QED) is 0.156. The van der Waals surface area contributed by atoms with Crippen molar-refractivity contribution in [1.82, 2.24) is 0 Å². The molecule has 4 heteroatoms. The predicted molar refractivity (Wildman–Crippen MR) is 508 cm³/mol. The Bertz CT molecular complexity index is 4740. The maximum atomic E-state index is 2.55. The first-order valence-electron chi connectivity index (χ1n) is 45.3. The molecule has 6 atom stereocenters. The molecule has 3 fully saturated rings. The van der Waals surface area contributed by atoms with Gasteiger partial charge in [0.05, 0.1) is 5.41 Å². The molecule has 6 aliphatic rings. The Morgan fingerprint density at radius 2 is 0.609 bits per heavy atom.